The fourth-order valence-electron chi connectivity index (χ4n) is 2.88. The van der Waals surface area contributed by atoms with Crippen molar-refractivity contribution >= 4 is 12.0 Å². The van der Waals surface area contributed by atoms with E-state index in [1.807, 2.05) is 13.8 Å². The summed E-state index contributed by atoms with van der Waals surface area (Å²) >= 11 is 0. The highest BCUT2D eigenvalue weighted by molar-refractivity contribution is 5.85. The van der Waals surface area contributed by atoms with E-state index in [1.165, 1.54) is 13.2 Å². The molecular formula is C18H24F2N2O4. The Morgan fingerprint density at radius 1 is 1.35 bits per heavy atom. The Bertz CT molecular complexity index is 654. The van der Waals surface area contributed by atoms with E-state index in [-0.39, 0.29) is 25.0 Å². The Morgan fingerprint density at radius 2 is 2.08 bits per heavy atom. The standard InChI is InChI=1S/C18H24F2N2O4/c1-11(2)8-15(21-18(24)25-3)17(23)22-6-7-26-16(10-22)12-4-5-13(19)14(20)9-12/h4-5,9,11,15-16H,6-8,10H2,1-3H3,(H,21,24). The van der Waals surface area contributed by atoms with Gasteiger partial charge in [-0.15, -0.1) is 0 Å². The van der Waals surface area contributed by atoms with Crippen LogP contribution >= 0.6 is 0 Å². The molecule has 1 aliphatic rings. The summed E-state index contributed by atoms with van der Waals surface area (Å²) in [7, 11) is 1.24. The molecule has 0 aliphatic carbocycles. The van der Waals surface area contributed by atoms with E-state index >= 15 is 0 Å². The van der Waals surface area contributed by atoms with E-state index in [2.05, 4.69) is 10.1 Å². The summed E-state index contributed by atoms with van der Waals surface area (Å²) in [5, 5.41) is 2.56. The zero-order valence-electron chi connectivity index (χ0n) is 15.1. The average molecular weight is 370 g/mol. The van der Waals surface area contributed by atoms with E-state index in [4.69, 9.17) is 4.74 Å². The minimum Gasteiger partial charge on any atom is -0.453 e. The third-order valence-electron chi connectivity index (χ3n) is 4.18. The van der Waals surface area contributed by atoms with Crippen molar-refractivity contribution in [2.24, 2.45) is 5.92 Å². The van der Waals surface area contributed by atoms with Crippen LogP contribution < -0.4 is 5.32 Å². The van der Waals surface area contributed by atoms with Crippen LogP contribution in [0.5, 0.6) is 0 Å². The van der Waals surface area contributed by atoms with E-state index in [0.717, 1.165) is 12.1 Å². The highest BCUT2D eigenvalue weighted by Crippen LogP contribution is 2.24. The molecule has 2 unspecified atom stereocenters. The summed E-state index contributed by atoms with van der Waals surface area (Å²) in [4.78, 5) is 26.0. The molecule has 1 aliphatic heterocycles. The van der Waals surface area contributed by atoms with Crippen molar-refractivity contribution < 1.29 is 27.8 Å². The van der Waals surface area contributed by atoms with Gasteiger partial charge in [0.15, 0.2) is 11.6 Å². The maximum Gasteiger partial charge on any atom is 0.407 e. The second kappa shape index (κ2) is 8.93. The van der Waals surface area contributed by atoms with Gasteiger partial charge < -0.3 is 19.7 Å². The number of halogens is 2. The van der Waals surface area contributed by atoms with Gasteiger partial charge in [-0.1, -0.05) is 19.9 Å². The first-order valence-corrected chi connectivity index (χ1v) is 8.51. The van der Waals surface area contributed by atoms with E-state index < -0.39 is 29.9 Å². The van der Waals surface area contributed by atoms with Crippen LogP contribution in [0.25, 0.3) is 0 Å². The van der Waals surface area contributed by atoms with Crippen molar-refractivity contribution in [1.29, 1.82) is 0 Å². The number of hydrogen-bond acceptors (Lipinski definition) is 4. The van der Waals surface area contributed by atoms with Crippen molar-refractivity contribution in [3.63, 3.8) is 0 Å². The lowest BCUT2D eigenvalue weighted by molar-refractivity contribution is -0.141. The number of morpholine rings is 1. The first kappa shape index (κ1) is 20.1. The van der Waals surface area contributed by atoms with Crippen LogP contribution in [0.1, 0.15) is 31.9 Å². The molecule has 1 aromatic carbocycles. The summed E-state index contributed by atoms with van der Waals surface area (Å²) in [5.74, 6) is -1.96. The molecule has 26 heavy (non-hydrogen) atoms. The van der Waals surface area contributed by atoms with Crippen LogP contribution in [0.4, 0.5) is 13.6 Å². The Balaban J connectivity index is 2.11. The summed E-state index contributed by atoms with van der Waals surface area (Å²) in [6.07, 6.45) is -0.767. The quantitative estimate of drug-likeness (QED) is 0.865. The summed E-state index contributed by atoms with van der Waals surface area (Å²) in [5.41, 5.74) is 0.461. The number of nitrogens with one attached hydrogen (secondary N) is 1. The first-order chi connectivity index (χ1) is 12.3. The van der Waals surface area contributed by atoms with E-state index in [9.17, 15) is 18.4 Å². The van der Waals surface area contributed by atoms with Gasteiger partial charge in [-0.25, -0.2) is 13.6 Å². The third-order valence-corrected chi connectivity index (χ3v) is 4.18. The van der Waals surface area contributed by atoms with Gasteiger partial charge in [-0.05, 0) is 30.0 Å². The zero-order valence-corrected chi connectivity index (χ0v) is 15.1. The molecule has 2 atom stereocenters. The minimum atomic E-state index is -0.959. The van der Waals surface area contributed by atoms with Crippen molar-refractivity contribution in [1.82, 2.24) is 10.2 Å². The minimum absolute atomic E-state index is 0.184. The van der Waals surface area contributed by atoms with Crippen molar-refractivity contribution in [3.8, 4) is 0 Å². The second-order valence-electron chi connectivity index (χ2n) is 6.64. The maximum atomic E-state index is 13.5. The van der Waals surface area contributed by atoms with E-state index in [1.54, 1.807) is 4.90 Å². The molecule has 1 heterocycles. The Morgan fingerprint density at radius 3 is 2.69 bits per heavy atom. The van der Waals surface area contributed by atoms with Gasteiger partial charge >= 0.3 is 6.09 Å². The molecule has 1 N–H and O–H groups in total. The Hall–Kier alpha value is -2.22. The molecular weight excluding hydrogens is 346 g/mol. The van der Waals surface area contributed by atoms with Gasteiger partial charge in [0.05, 0.1) is 20.3 Å². The third kappa shape index (κ3) is 5.14. The first-order valence-electron chi connectivity index (χ1n) is 8.51. The Labute approximate surface area is 151 Å². The normalized spacial score (nSPS) is 18.5. The van der Waals surface area contributed by atoms with Crippen LogP contribution in [0.15, 0.2) is 18.2 Å². The fourth-order valence-corrected chi connectivity index (χ4v) is 2.88. The zero-order chi connectivity index (χ0) is 19.3. The number of amides is 2. The van der Waals surface area contributed by atoms with Gasteiger partial charge in [-0.3, -0.25) is 4.79 Å². The average Bonchev–Trinajstić information content (AvgIpc) is 2.62. The smallest absolute Gasteiger partial charge is 0.407 e. The van der Waals surface area contributed by atoms with Gasteiger partial charge in [0, 0.05) is 6.54 Å². The molecule has 6 nitrogen and oxygen atoms in total. The number of methoxy groups -OCH3 is 1. The molecule has 0 radical (unpaired) electrons. The molecule has 1 aromatic rings. The van der Waals surface area contributed by atoms with Crippen LogP contribution in [0, 0.1) is 17.6 Å². The molecule has 0 spiro atoms. The molecule has 2 rings (SSSR count). The van der Waals surface area contributed by atoms with Gasteiger partial charge in [0.1, 0.15) is 12.1 Å². The molecule has 1 saturated heterocycles. The largest absolute Gasteiger partial charge is 0.453 e. The molecule has 0 aromatic heterocycles. The lowest BCUT2D eigenvalue weighted by atomic mass is 10.0. The van der Waals surface area contributed by atoms with Gasteiger partial charge in [0.2, 0.25) is 5.91 Å². The second-order valence-corrected chi connectivity index (χ2v) is 6.64. The maximum absolute atomic E-state index is 13.5. The number of rotatable bonds is 5. The molecule has 1 fully saturated rings. The monoisotopic (exact) mass is 370 g/mol. The lowest BCUT2D eigenvalue weighted by Crippen LogP contribution is -2.52. The number of benzene rings is 1. The topological polar surface area (TPSA) is 67.9 Å². The number of ether oxygens (including phenoxy) is 2. The number of nitrogens with zero attached hydrogens (tertiary/aromatic N) is 1. The lowest BCUT2D eigenvalue weighted by Gasteiger charge is -2.35. The molecule has 0 bridgehead atoms. The van der Waals surface area contributed by atoms with E-state index in [0.29, 0.717) is 18.5 Å². The summed E-state index contributed by atoms with van der Waals surface area (Å²) < 4.78 is 36.8. The predicted octanol–water partition coefficient (Wildman–Crippen LogP) is 2.64. The number of hydrogen-bond donors (Lipinski definition) is 1. The number of carbonyl (C=O) groups excluding carboxylic acids is 2. The van der Waals surface area contributed by atoms with Gasteiger partial charge in [-0.2, -0.15) is 0 Å². The number of carbonyl (C=O) groups is 2. The van der Waals surface area contributed by atoms with Crippen molar-refractivity contribution in [2.45, 2.75) is 32.4 Å². The molecule has 0 saturated carbocycles. The molecule has 8 heteroatoms. The highest BCUT2D eigenvalue weighted by atomic mass is 19.2. The SMILES string of the molecule is COC(=O)NC(CC(C)C)C(=O)N1CCOC(c2ccc(F)c(F)c2)C1. The fraction of sp³-hybridized carbons (Fsp3) is 0.556. The predicted molar refractivity (Wildman–Crippen MR) is 90.4 cm³/mol. The van der Waals surface area contributed by atoms with Crippen molar-refractivity contribution in [3.05, 3.63) is 35.4 Å². The highest BCUT2D eigenvalue weighted by Gasteiger charge is 2.31. The Kier molecular flexibility index (Phi) is 6.90. The number of alkyl carbamates (subject to hydrolysis) is 1. The molecule has 144 valence electrons. The van der Waals surface area contributed by atoms with Crippen LogP contribution in [0.2, 0.25) is 0 Å². The van der Waals surface area contributed by atoms with Crippen LogP contribution in [-0.4, -0.2) is 49.7 Å². The molecule has 2 amide bonds. The summed E-state index contributed by atoms with van der Waals surface area (Å²) in [6.45, 7) is 4.71. The van der Waals surface area contributed by atoms with Gasteiger partial charge in [0.25, 0.3) is 0 Å². The van der Waals surface area contributed by atoms with Crippen LogP contribution in [0.3, 0.4) is 0 Å². The van der Waals surface area contributed by atoms with Crippen LogP contribution in [-0.2, 0) is 14.3 Å². The van der Waals surface area contributed by atoms with Crippen molar-refractivity contribution in [2.75, 3.05) is 26.8 Å². The summed E-state index contributed by atoms with van der Waals surface area (Å²) in [6, 6.07) is 2.84.